The van der Waals surface area contributed by atoms with Crippen molar-refractivity contribution in [2.45, 2.75) is 45.1 Å². The predicted molar refractivity (Wildman–Crippen MR) is 68.1 cm³/mol. The highest BCUT2D eigenvalue weighted by Crippen LogP contribution is 2.06. The fourth-order valence-corrected chi connectivity index (χ4v) is 1.39. The van der Waals surface area contributed by atoms with Crippen molar-refractivity contribution in [3.8, 4) is 11.8 Å². The number of benzene rings is 1. The standard InChI is InChI=1S/C15H20O/c1-15(2,16)13-9-4-3-6-10-14-11-7-5-8-12-14/h5,7-8,11-12,16H,3,6,10,13H2,1-2H3. The summed E-state index contributed by atoms with van der Waals surface area (Å²) in [5.41, 5.74) is 0.707. The van der Waals surface area contributed by atoms with Gasteiger partial charge in [-0.3, -0.25) is 0 Å². The summed E-state index contributed by atoms with van der Waals surface area (Å²) >= 11 is 0. The molecule has 0 atom stereocenters. The average molecular weight is 216 g/mol. The van der Waals surface area contributed by atoms with Crippen LogP contribution in [0.1, 0.15) is 38.7 Å². The molecule has 1 aromatic carbocycles. The topological polar surface area (TPSA) is 20.2 Å². The molecule has 1 aromatic rings. The third kappa shape index (κ3) is 6.27. The monoisotopic (exact) mass is 216 g/mol. The number of aliphatic hydroxyl groups is 1. The summed E-state index contributed by atoms with van der Waals surface area (Å²) in [7, 11) is 0. The second kappa shape index (κ2) is 6.35. The SMILES string of the molecule is CC(C)(O)CC#CCCCc1ccccc1. The van der Waals surface area contributed by atoms with E-state index in [1.165, 1.54) is 5.56 Å². The molecule has 0 radical (unpaired) electrons. The van der Waals surface area contributed by atoms with Gasteiger partial charge in [0.05, 0.1) is 5.60 Å². The lowest BCUT2D eigenvalue weighted by atomic mass is 10.1. The molecule has 0 saturated heterocycles. The van der Waals surface area contributed by atoms with Crippen molar-refractivity contribution < 1.29 is 5.11 Å². The molecule has 1 N–H and O–H groups in total. The van der Waals surface area contributed by atoms with Crippen molar-refractivity contribution in [2.75, 3.05) is 0 Å². The second-order valence-corrected chi connectivity index (χ2v) is 4.68. The van der Waals surface area contributed by atoms with E-state index in [-0.39, 0.29) is 0 Å². The molecule has 1 rings (SSSR count). The van der Waals surface area contributed by atoms with E-state index >= 15 is 0 Å². The molecule has 0 aliphatic rings. The molecule has 1 nitrogen and oxygen atoms in total. The molecule has 86 valence electrons. The van der Waals surface area contributed by atoms with Crippen molar-refractivity contribution in [2.24, 2.45) is 0 Å². The number of hydrogen-bond donors (Lipinski definition) is 1. The first-order valence-electron chi connectivity index (χ1n) is 5.80. The second-order valence-electron chi connectivity index (χ2n) is 4.68. The van der Waals surface area contributed by atoms with Gasteiger partial charge in [-0.2, -0.15) is 0 Å². The molecule has 0 amide bonds. The quantitative estimate of drug-likeness (QED) is 0.605. The Kier molecular flexibility index (Phi) is 5.08. The zero-order valence-electron chi connectivity index (χ0n) is 10.2. The minimum Gasteiger partial charge on any atom is -0.389 e. The van der Waals surface area contributed by atoms with Crippen LogP contribution >= 0.6 is 0 Å². The van der Waals surface area contributed by atoms with Gasteiger partial charge >= 0.3 is 0 Å². The maximum Gasteiger partial charge on any atom is 0.0700 e. The van der Waals surface area contributed by atoms with Gasteiger partial charge in [0.25, 0.3) is 0 Å². The smallest absolute Gasteiger partial charge is 0.0700 e. The lowest BCUT2D eigenvalue weighted by molar-refractivity contribution is 0.0862. The molecule has 0 aliphatic heterocycles. The van der Waals surface area contributed by atoms with Gasteiger partial charge in [-0.1, -0.05) is 30.3 Å². The molecule has 0 unspecified atom stereocenters. The molecule has 0 fully saturated rings. The fourth-order valence-electron chi connectivity index (χ4n) is 1.39. The predicted octanol–water partition coefficient (Wildman–Crippen LogP) is 3.17. The number of unbranched alkanes of at least 4 members (excludes halogenated alkanes) is 1. The Hall–Kier alpha value is -1.26. The Bertz CT molecular complexity index is 349. The molecule has 0 spiro atoms. The van der Waals surface area contributed by atoms with Crippen molar-refractivity contribution in [3.05, 3.63) is 35.9 Å². The van der Waals surface area contributed by atoms with Crippen LogP contribution in [0.3, 0.4) is 0 Å². The fraction of sp³-hybridized carbons (Fsp3) is 0.467. The van der Waals surface area contributed by atoms with Crippen LogP contribution < -0.4 is 0 Å². The first-order valence-corrected chi connectivity index (χ1v) is 5.80. The van der Waals surface area contributed by atoms with E-state index in [0.717, 1.165) is 19.3 Å². The Morgan fingerprint density at radius 1 is 1.12 bits per heavy atom. The van der Waals surface area contributed by atoms with Gasteiger partial charge < -0.3 is 5.11 Å². The van der Waals surface area contributed by atoms with E-state index < -0.39 is 5.60 Å². The van der Waals surface area contributed by atoms with E-state index in [2.05, 4.69) is 36.1 Å². The third-order valence-corrected chi connectivity index (χ3v) is 2.26. The largest absolute Gasteiger partial charge is 0.389 e. The maximum atomic E-state index is 9.45. The highest BCUT2D eigenvalue weighted by Gasteiger charge is 2.08. The molecule has 0 saturated carbocycles. The van der Waals surface area contributed by atoms with E-state index in [0.29, 0.717) is 6.42 Å². The summed E-state index contributed by atoms with van der Waals surface area (Å²) in [4.78, 5) is 0. The lowest BCUT2D eigenvalue weighted by Gasteiger charge is -2.11. The summed E-state index contributed by atoms with van der Waals surface area (Å²) in [6.45, 7) is 3.57. The summed E-state index contributed by atoms with van der Waals surface area (Å²) in [5, 5.41) is 9.45. The van der Waals surface area contributed by atoms with Crippen molar-refractivity contribution in [1.82, 2.24) is 0 Å². The highest BCUT2D eigenvalue weighted by molar-refractivity contribution is 5.15. The Morgan fingerprint density at radius 2 is 1.81 bits per heavy atom. The zero-order valence-corrected chi connectivity index (χ0v) is 10.2. The lowest BCUT2D eigenvalue weighted by Crippen LogP contribution is -2.16. The summed E-state index contributed by atoms with van der Waals surface area (Å²) in [5.74, 6) is 6.11. The summed E-state index contributed by atoms with van der Waals surface area (Å²) in [6.07, 6.45) is 3.63. The van der Waals surface area contributed by atoms with Gasteiger partial charge in [0.1, 0.15) is 0 Å². The summed E-state index contributed by atoms with van der Waals surface area (Å²) in [6, 6.07) is 10.5. The highest BCUT2D eigenvalue weighted by atomic mass is 16.3. The van der Waals surface area contributed by atoms with Gasteiger partial charge in [-0.05, 0) is 32.3 Å². The van der Waals surface area contributed by atoms with Crippen LogP contribution in [0, 0.1) is 11.8 Å². The molecular formula is C15H20O. The Balaban J connectivity index is 2.17. The Labute approximate surface area is 98.5 Å². The zero-order chi connectivity index (χ0) is 11.9. The normalized spacial score (nSPS) is 10.7. The van der Waals surface area contributed by atoms with Gasteiger partial charge in [0.15, 0.2) is 0 Å². The first-order chi connectivity index (χ1) is 7.58. The molecule has 16 heavy (non-hydrogen) atoms. The van der Waals surface area contributed by atoms with Crippen LogP contribution in [0.2, 0.25) is 0 Å². The molecule has 0 aromatic heterocycles. The van der Waals surface area contributed by atoms with Crippen LogP contribution in [0.25, 0.3) is 0 Å². The van der Waals surface area contributed by atoms with Crippen molar-refractivity contribution in [1.29, 1.82) is 0 Å². The number of rotatable bonds is 4. The first kappa shape index (κ1) is 12.8. The molecule has 1 heteroatoms. The van der Waals surface area contributed by atoms with E-state index in [4.69, 9.17) is 0 Å². The van der Waals surface area contributed by atoms with Gasteiger partial charge in [0, 0.05) is 12.8 Å². The number of aryl methyl sites for hydroxylation is 1. The summed E-state index contributed by atoms with van der Waals surface area (Å²) < 4.78 is 0. The molecular weight excluding hydrogens is 196 g/mol. The molecule has 0 aliphatic carbocycles. The minimum absolute atomic E-state index is 0.554. The molecule has 0 bridgehead atoms. The van der Waals surface area contributed by atoms with E-state index in [1.807, 2.05) is 6.07 Å². The van der Waals surface area contributed by atoms with Crippen LogP contribution in [0.4, 0.5) is 0 Å². The minimum atomic E-state index is -0.660. The van der Waals surface area contributed by atoms with Crippen LogP contribution in [-0.2, 0) is 6.42 Å². The van der Waals surface area contributed by atoms with Gasteiger partial charge in [-0.15, -0.1) is 11.8 Å². The van der Waals surface area contributed by atoms with Crippen LogP contribution in [-0.4, -0.2) is 10.7 Å². The van der Waals surface area contributed by atoms with Crippen molar-refractivity contribution in [3.63, 3.8) is 0 Å². The van der Waals surface area contributed by atoms with Gasteiger partial charge in [0.2, 0.25) is 0 Å². The van der Waals surface area contributed by atoms with E-state index in [9.17, 15) is 5.11 Å². The number of hydrogen-bond acceptors (Lipinski definition) is 1. The average Bonchev–Trinajstić information content (AvgIpc) is 2.23. The third-order valence-electron chi connectivity index (χ3n) is 2.26. The molecule has 0 heterocycles. The maximum absolute atomic E-state index is 9.45. The Morgan fingerprint density at radius 3 is 2.44 bits per heavy atom. The van der Waals surface area contributed by atoms with Crippen LogP contribution in [0.5, 0.6) is 0 Å². The van der Waals surface area contributed by atoms with Crippen LogP contribution in [0.15, 0.2) is 30.3 Å². The van der Waals surface area contributed by atoms with Gasteiger partial charge in [-0.25, -0.2) is 0 Å². The van der Waals surface area contributed by atoms with Crippen molar-refractivity contribution >= 4 is 0 Å². The van der Waals surface area contributed by atoms with E-state index in [1.54, 1.807) is 13.8 Å².